The van der Waals surface area contributed by atoms with Crippen molar-refractivity contribution in [3.05, 3.63) is 29.8 Å². The van der Waals surface area contributed by atoms with Gasteiger partial charge < -0.3 is 20.1 Å². The summed E-state index contributed by atoms with van der Waals surface area (Å²) >= 11 is 0. The fourth-order valence-corrected chi connectivity index (χ4v) is 4.47. The van der Waals surface area contributed by atoms with E-state index in [1.807, 2.05) is 24.3 Å². The SMILES string of the molecule is COCC1CC(=O)NC2CC(NC(=O)COc3ccc(C(C)C)cc3)CCC12. The van der Waals surface area contributed by atoms with Crippen LogP contribution in [0.4, 0.5) is 0 Å². The first-order chi connectivity index (χ1) is 13.5. The van der Waals surface area contributed by atoms with E-state index in [9.17, 15) is 9.59 Å². The maximum absolute atomic E-state index is 12.3. The first-order valence-electron chi connectivity index (χ1n) is 10.3. The standard InChI is InChI=1S/C22H32N2O4/c1-14(2)15-4-7-18(8-5-15)28-13-22(26)23-17-6-9-19-16(12-27-3)10-21(25)24-20(19)11-17/h4-5,7-8,14,16-17,19-20H,6,9-13H2,1-3H3,(H,23,26)(H,24,25). The number of fused-ring (bicyclic) bond motifs is 1. The van der Waals surface area contributed by atoms with Gasteiger partial charge in [0.2, 0.25) is 5.91 Å². The van der Waals surface area contributed by atoms with Gasteiger partial charge in [-0.3, -0.25) is 9.59 Å². The van der Waals surface area contributed by atoms with Crippen molar-refractivity contribution in [2.75, 3.05) is 20.3 Å². The Labute approximate surface area is 167 Å². The smallest absolute Gasteiger partial charge is 0.258 e. The topological polar surface area (TPSA) is 76.7 Å². The number of benzene rings is 1. The molecule has 154 valence electrons. The lowest BCUT2D eigenvalue weighted by atomic mass is 9.71. The first kappa shape index (κ1) is 20.6. The molecule has 2 amide bonds. The monoisotopic (exact) mass is 388 g/mol. The number of carbonyl (C=O) groups excluding carboxylic acids is 2. The van der Waals surface area contributed by atoms with Gasteiger partial charge in [-0.15, -0.1) is 0 Å². The number of methoxy groups -OCH3 is 1. The molecule has 2 N–H and O–H groups in total. The molecule has 4 atom stereocenters. The Morgan fingerprint density at radius 1 is 1.25 bits per heavy atom. The van der Waals surface area contributed by atoms with Gasteiger partial charge in [-0.1, -0.05) is 26.0 Å². The molecule has 0 radical (unpaired) electrons. The number of rotatable bonds is 7. The molecule has 6 nitrogen and oxygen atoms in total. The molecule has 2 aliphatic rings. The van der Waals surface area contributed by atoms with Crippen LogP contribution in [0.25, 0.3) is 0 Å². The van der Waals surface area contributed by atoms with Gasteiger partial charge in [0.25, 0.3) is 5.91 Å². The number of amides is 2. The van der Waals surface area contributed by atoms with Gasteiger partial charge in [-0.2, -0.15) is 0 Å². The zero-order chi connectivity index (χ0) is 20.1. The zero-order valence-corrected chi connectivity index (χ0v) is 17.1. The summed E-state index contributed by atoms with van der Waals surface area (Å²) in [6, 6.07) is 8.05. The van der Waals surface area contributed by atoms with Crippen LogP contribution in [0.1, 0.15) is 51.0 Å². The van der Waals surface area contributed by atoms with Gasteiger partial charge in [-0.25, -0.2) is 0 Å². The minimum Gasteiger partial charge on any atom is -0.484 e. The third-order valence-corrected chi connectivity index (χ3v) is 5.97. The molecule has 1 aliphatic heterocycles. The number of ether oxygens (including phenoxy) is 2. The Bertz CT molecular complexity index is 674. The Morgan fingerprint density at radius 2 is 2.00 bits per heavy atom. The highest BCUT2D eigenvalue weighted by Gasteiger charge is 2.40. The van der Waals surface area contributed by atoms with Crippen LogP contribution in [-0.2, 0) is 14.3 Å². The summed E-state index contributed by atoms with van der Waals surface area (Å²) in [5, 5.41) is 6.17. The van der Waals surface area contributed by atoms with E-state index in [0.717, 1.165) is 19.3 Å². The van der Waals surface area contributed by atoms with E-state index >= 15 is 0 Å². The maximum atomic E-state index is 12.3. The summed E-state index contributed by atoms with van der Waals surface area (Å²) < 4.78 is 10.9. The Kier molecular flexibility index (Phi) is 6.94. The Morgan fingerprint density at radius 3 is 2.68 bits per heavy atom. The van der Waals surface area contributed by atoms with Crippen LogP contribution in [0.2, 0.25) is 0 Å². The highest BCUT2D eigenvalue weighted by atomic mass is 16.5. The van der Waals surface area contributed by atoms with Crippen molar-refractivity contribution in [2.45, 2.75) is 57.5 Å². The molecule has 6 heteroatoms. The molecule has 0 spiro atoms. The normalized spacial score (nSPS) is 27.1. The quantitative estimate of drug-likeness (QED) is 0.753. The molecule has 0 bridgehead atoms. The molecule has 1 aromatic carbocycles. The average molecular weight is 389 g/mol. The second-order valence-corrected chi connectivity index (χ2v) is 8.35. The van der Waals surface area contributed by atoms with E-state index in [1.54, 1.807) is 7.11 Å². The number of nitrogens with one attached hydrogen (secondary N) is 2. The van der Waals surface area contributed by atoms with E-state index in [4.69, 9.17) is 9.47 Å². The van der Waals surface area contributed by atoms with E-state index in [-0.39, 0.29) is 36.4 Å². The molecule has 1 aliphatic carbocycles. The zero-order valence-electron chi connectivity index (χ0n) is 17.1. The van der Waals surface area contributed by atoms with Crippen molar-refractivity contribution in [3.8, 4) is 5.75 Å². The van der Waals surface area contributed by atoms with Gasteiger partial charge >= 0.3 is 0 Å². The summed E-state index contributed by atoms with van der Waals surface area (Å²) in [6.45, 7) is 4.91. The molecule has 3 rings (SSSR count). The van der Waals surface area contributed by atoms with Crippen LogP contribution in [-0.4, -0.2) is 44.2 Å². The lowest BCUT2D eigenvalue weighted by molar-refractivity contribution is -0.128. The summed E-state index contributed by atoms with van der Waals surface area (Å²) in [6.07, 6.45) is 3.22. The minimum atomic E-state index is -0.119. The first-order valence-corrected chi connectivity index (χ1v) is 10.3. The highest BCUT2D eigenvalue weighted by Crippen LogP contribution is 2.35. The average Bonchev–Trinajstić information content (AvgIpc) is 2.66. The van der Waals surface area contributed by atoms with E-state index in [1.165, 1.54) is 5.56 Å². The van der Waals surface area contributed by atoms with Gasteiger partial charge in [0.15, 0.2) is 6.61 Å². The van der Waals surface area contributed by atoms with Crippen molar-refractivity contribution in [1.82, 2.24) is 10.6 Å². The fraction of sp³-hybridized carbons (Fsp3) is 0.636. The Hall–Kier alpha value is -2.08. The van der Waals surface area contributed by atoms with Gasteiger partial charge in [0.05, 0.1) is 0 Å². The number of hydrogen-bond donors (Lipinski definition) is 2. The van der Waals surface area contributed by atoms with Crippen LogP contribution in [0.15, 0.2) is 24.3 Å². The van der Waals surface area contributed by atoms with E-state index < -0.39 is 0 Å². The van der Waals surface area contributed by atoms with Gasteiger partial charge in [0, 0.05) is 32.2 Å². The molecule has 1 saturated heterocycles. The largest absolute Gasteiger partial charge is 0.484 e. The summed E-state index contributed by atoms with van der Waals surface area (Å²) in [5.41, 5.74) is 1.25. The van der Waals surface area contributed by atoms with Crippen LogP contribution in [0.5, 0.6) is 5.75 Å². The third kappa shape index (κ3) is 5.25. The summed E-state index contributed by atoms with van der Waals surface area (Å²) in [7, 11) is 1.68. The van der Waals surface area contributed by atoms with Crippen molar-refractivity contribution in [1.29, 1.82) is 0 Å². The fourth-order valence-electron chi connectivity index (χ4n) is 4.47. The molecule has 1 heterocycles. The molecule has 28 heavy (non-hydrogen) atoms. The Balaban J connectivity index is 1.46. The van der Waals surface area contributed by atoms with Crippen molar-refractivity contribution in [2.24, 2.45) is 11.8 Å². The minimum absolute atomic E-state index is 0.00425. The van der Waals surface area contributed by atoms with Crippen LogP contribution < -0.4 is 15.4 Å². The molecule has 1 saturated carbocycles. The lowest BCUT2D eigenvalue weighted by Crippen LogP contribution is -2.56. The predicted molar refractivity (Wildman–Crippen MR) is 107 cm³/mol. The molecule has 2 fully saturated rings. The molecular weight excluding hydrogens is 356 g/mol. The van der Waals surface area contributed by atoms with Gasteiger partial charge in [-0.05, 0) is 54.7 Å². The van der Waals surface area contributed by atoms with Crippen LogP contribution >= 0.6 is 0 Å². The second-order valence-electron chi connectivity index (χ2n) is 8.35. The van der Waals surface area contributed by atoms with Crippen molar-refractivity contribution < 1.29 is 19.1 Å². The molecule has 0 aromatic heterocycles. The second kappa shape index (κ2) is 9.41. The number of carbonyl (C=O) groups is 2. The highest BCUT2D eigenvalue weighted by molar-refractivity contribution is 5.78. The lowest BCUT2D eigenvalue weighted by Gasteiger charge is -2.43. The summed E-state index contributed by atoms with van der Waals surface area (Å²) in [4.78, 5) is 24.3. The number of hydrogen-bond acceptors (Lipinski definition) is 4. The third-order valence-electron chi connectivity index (χ3n) is 5.97. The van der Waals surface area contributed by atoms with Crippen LogP contribution in [0.3, 0.4) is 0 Å². The van der Waals surface area contributed by atoms with Crippen molar-refractivity contribution in [3.63, 3.8) is 0 Å². The van der Waals surface area contributed by atoms with Crippen LogP contribution in [0, 0.1) is 11.8 Å². The number of piperidine rings is 1. The molecule has 1 aromatic rings. The van der Waals surface area contributed by atoms with E-state index in [2.05, 4.69) is 24.5 Å². The molecular formula is C22H32N2O4. The van der Waals surface area contributed by atoms with Gasteiger partial charge in [0.1, 0.15) is 5.75 Å². The predicted octanol–water partition coefficient (Wildman–Crippen LogP) is 2.62. The molecule has 4 unspecified atom stereocenters. The van der Waals surface area contributed by atoms with Crippen molar-refractivity contribution >= 4 is 11.8 Å². The van der Waals surface area contributed by atoms with E-state index in [0.29, 0.717) is 30.6 Å². The summed E-state index contributed by atoms with van der Waals surface area (Å²) in [5.74, 6) is 1.84. The maximum Gasteiger partial charge on any atom is 0.258 e.